The van der Waals surface area contributed by atoms with Crippen LogP contribution in [0.15, 0.2) is 21.5 Å². The van der Waals surface area contributed by atoms with Crippen molar-refractivity contribution in [2.75, 3.05) is 11.5 Å². The SMILES string of the molecule is Nc1cc(SC(F)F)cc(Br)c1N. The van der Waals surface area contributed by atoms with E-state index in [9.17, 15) is 8.78 Å². The van der Waals surface area contributed by atoms with Crippen LogP contribution in [-0.2, 0) is 0 Å². The topological polar surface area (TPSA) is 52.0 Å². The largest absolute Gasteiger partial charge is 0.397 e. The van der Waals surface area contributed by atoms with Gasteiger partial charge in [0.1, 0.15) is 0 Å². The first-order chi connectivity index (χ1) is 6.00. The third-order valence-corrected chi connectivity index (χ3v) is 2.70. The molecule has 0 heterocycles. The van der Waals surface area contributed by atoms with Crippen LogP contribution < -0.4 is 11.5 Å². The number of alkyl halides is 2. The van der Waals surface area contributed by atoms with E-state index in [0.717, 1.165) is 0 Å². The summed E-state index contributed by atoms with van der Waals surface area (Å²) < 4.78 is 24.5. The molecule has 1 aromatic carbocycles. The zero-order valence-corrected chi connectivity index (χ0v) is 8.83. The summed E-state index contributed by atoms with van der Waals surface area (Å²) in [5.74, 6) is -2.45. The Kier molecular flexibility index (Phi) is 3.38. The normalized spacial score (nSPS) is 10.8. The summed E-state index contributed by atoms with van der Waals surface area (Å²) in [7, 11) is 0. The van der Waals surface area contributed by atoms with Crippen molar-refractivity contribution in [3.8, 4) is 0 Å². The van der Waals surface area contributed by atoms with Gasteiger partial charge < -0.3 is 11.5 Å². The van der Waals surface area contributed by atoms with Crippen LogP contribution in [0.5, 0.6) is 0 Å². The second kappa shape index (κ2) is 4.15. The molecule has 0 aliphatic heterocycles. The molecular formula is C7H7BrF2N2S. The molecule has 2 nitrogen and oxygen atoms in total. The number of hydrogen-bond acceptors (Lipinski definition) is 3. The molecule has 0 unspecified atom stereocenters. The zero-order chi connectivity index (χ0) is 10.0. The van der Waals surface area contributed by atoms with Gasteiger partial charge in [-0.25, -0.2) is 0 Å². The van der Waals surface area contributed by atoms with Gasteiger partial charge in [-0.15, -0.1) is 0 Å². The van der Waals surface area contributed by atoms with E-state index in [1.165, 1.54) is 12.1 Å². The van der Waals surface area contributed by atoms with Gasteiger partial charge in [-0.3, -0.25) is 0 Å². The maximum atomic E-state index is 12.0. The quantitative estimate of drug-likeness (QED) is 0.641. The molecule has 0 atom stereocenters. The van der Waals surface area contributed by atoms with E-state index >= 15 is 0 Å². The van der Waals surface area contributed by atoms with Gasteiger partial charge in [-0.1, -0.05) is 11.8 Å². The lowest BCUT2D eigenvalue weighted by Gasteiger charge is -2.06. The van der Waals surface area contributed by atoms with Crippen LogP contribution in [0.3, 0.4) is 0 Å². The number of nitrogen functional groups attached to an aromatic ring is 2. The number of thioether (sulfide) groups is 1. The molecule has 72 valence electrons. The van der Waals surface area contributed by atoms with Crippen molar-refractivity contribution in [2.24, 2.45) is 0 Å². The highest BCUT2D eigenvalue weighted by Gasteiger charge is 2.08. The summed E-state index contributed by atoms with van der Waals surface area (Å²) in [6.07, 6.45) is 0. The summed E-state index contributed by atoms with van der Waals surface area (Å²) in [6.45, 7) is 0. The van der Waals surface area contributed by atoms with Gasteiger partial charge in [0.25, 0.3) is 5.76 Å². The van der Waals surface area contributed by atoms with Crippen molar-refractivity contribution >= 4 is 39.1 Å². The van der Waals surface area contributed by atoms with Crippen molar-refractivity contribution in [1.82, 2.24) is 0 Å². The first-order valence-corrected chi connectivity index (χ1v) is 4.97. The number of benzene rings is 1. The Bertz CT molecular complexity index is 296. The lowest BCUT2D eigenvalue weighted by atomic mass is 10.3. The van der Waals surface area contributed by atoms with Crippen LogP contribution in [0, 0.1) is 0 Å². The minimum absolute atomic E-state index is 0.303. The minimum Gasteiger partial charge on any atom is -0.397 e. The van der Waals surface area contributed by atoms with Crippen LogP contribution in [0.25, 0.3) is 0 Å². The minimum atomic E-state index is -2.45. The maximum Gasteiger partial charge on any atom is 0.288 e. The molecule has 6 heteroatoms. The second-order valence-electron chi connectivity index (χ2n) is 2.29. The Morgan fingerprint density at radius 3 is 2.38 bits per heavy atom. The van der Waals surface area contributed by atoms with Gasteiger partial charge in [0.05, 0.1) is 11.4 Å². The van der Waals surface area contributed by atoms with Crippen molar-refractivity contribution < 1.29 is 8.78 Å². The Morgan fingerprint density at radius 2 is 1.92 bits per heavy atom. The highest BCUT2D eigenvalue weighted by atomic mass is 79.9. The summed E-state index contributed by atoms with van der Waals surface area (Å²) in [4.78, 5) is 0.397. The molecule has 0 radical (unpaired) electrons. The van der Waals surface area contributed by atoms with Crippen molar-refractivity contribution in [3.05, 3.63) is 16.6 Å². The molecule has 1 aromatic rings. The van der Waals surface area contributed by atoms with Gasteiger partial charge in [-0.2, -0.15) is 8.78 Å². The Morgan fingerprint density at radius 1 is 1.31 bits per heavy atom. The smallest absolute Gasteiger partial charge is 0.288 e. The Balaban J connectivity index is 2.99. The van der Waals surface area contributed by atoms with E-state index in [1.807, 2.05) is 0 Å². The van der Waals surface area contributed by atoms with E-state index in [1.54, 1.807) is 0 Å². The average molecular weight is 269 g/mol. The first-order valence-electron chi connectivity index (χ1n) is 3.30. The summed E-state index contributed by atoms with van der Waals surface area (Å²) >= 11 is 3.56. The number of halogens is 3. The average Bonchev–Trinajstić information content (AvgIpc) is 1.98. The molecule has 13 heavy (non-hydrogen) atoms. The zero-order valence-electron chi connectivity index (χ0n) is 6.43. The molecule has 0 saturated carbocycles. The molecule has 0 fully saturated rings. The van der Waals surface area contributed by atoms with Gasteiger partial charge in [0.2, 0.25) is 0 Å². The van der Waals surface area contributed by atoms with Crippen LogP contribution in [0.1, 0.15) is 0 Å². The second-order valence-corrected chi connectivity index (χ2v) is 4.20. The monoisotopic (exact) mass is 268 g/mol. The van der Waals surface area contributed by atoms with Crippen LogP contribution in [-0.4, -0.2) is 5.76 Å². The molecule has 4 N–H and O–H groups in total. The molecule has 0 aromatic heterocycles. The third kappa shape index (κ3) is 2.73. The molecule has 0 aliphatic carbocycles. The van der Waals surface area contributed by atoms with Gasteiger partial charge in [0, 0.05) is 9.37 Å². The number of hydrogen-bond donors (Lipinski definition) is 2. The highest BCUT2D eigenvalue weighted by molar-refractivity contribution is 9.10. The van der Waals surface area contributed by atoms with Crippen LogP contribution in [0.2, 0.25) is 0 Å². The summed E-state index contributed by atoms with van der Waals surface area (Å²) in [6, 6.07) is 2.94. The molecule has 0 amide bonds. The molecule has 0 bridgehead atoms. The van der Waals surface area contributed by atoms with E-state index in [0.29, 0.717) is 32.5 Å². The number of rotatable bonds is 2. The predicted octanol–water partition coefficient (Wildman–Crippen LogP) is 2.93. The van der Waals surface area contributed by atoms with Gasteiger partial charge in [-0.05, 0) is 28.1 Å². The van der Waals surface area contributed by atoms with Crippen LogP contribution >= 0.6 is 27.7 Å². The summed E-state index contributed by atoms with van der Waals surface area (Å²) in [5.41, 5.74) is 11.7. The highest BCUT2D eigenvalue weighted by Crippen LogP contribution is 2.34. The van der Waals surface area contributed by atoms with Crippen molar-refractivity contribution in [3.63, 3.8) is 0 Å². The van der Waals surface area contributed by atoms with Gasteiger partial charge in [0.15, 0.2) is 0 Å². The standard InChI is InChI=1S/C7H7BrF2N2S/c8-4-1-3(13-7(9)10)2-5(11)6(4)12/h1-2,7H,11-12H2. The van der Waals surface area contributed by atoms with E-state index in [2.05, 4.69) is 15.9 Å². The fraction of sp³-hybridized carbons (Fsp3) is 0.143. The lowest BCUT2D eigenvalue weighted by molar-refractivity contribution is 0.252. The van der Waals surface area contributed by atoms with E-state index in [4.69, 9.17) is 11.5 Å². The molecule has 0 aliphatic rings. The number of anilines is 2. The maximum absolute atomic E-state index is 12.0. The fourth-order valence-corrected chi connectivity index (χ4v) is 2.00. The van der Waals surface area contributed by atoms with Crippen LogP contribution in [0.4, 0.5) is 20.2 Å². The van der Waals surface area contributed by atoms with Crippen molar-refractivity contribution in [1.29, 1.82) is 0 Å². The number of nitrogens with two attached hydrogens (primary N) is 2. The predicted molar refractivity (Wildman–Crippen MR) is 54.8 cm³/mol. The molecule has 1 rings (SSSR count). The lowest BCUT2D eigenvalue weighted by Crippen LogP contribution is -1.96. The third-order valence-electron chi connectivity index (χ3n) is 1.36. The Labute approximate surface area is 86.8 Å². The van der Waals surface area contributed by atoms with E-state index in [-0.39, 0.29) is 0 Å². The van der Waals surface area contributed by atoms with E-state index < -0.39 is 5.76 Å². The fourth-order valence-electron chi connectivity index (χ4n) is 0.784. The van der Waals surface area contributed by atoms with Gasteiger partial charge >= 0.3 is 0 Å². The molecule has 0 spiro atoms. The van der Waals surface area contributed by atoms with Crippen molar-refractivity contribution in [2.45, 2.75) is 10.7 Å². The Hall–Kier alpha value is -0.490. The first kappa shape index (κ1) is 10.6. The molecule has 0 saturated heterocycles. The molecular weight excluding hydrogens is 262 g/mol. The summed E-state index contributed by atoms with van der Waals surface area (Å²) in [5, 5.41) is 0.